The van der Waals surface area contributed by atoms with Crippen molar-refractivity contribution in [1.29, 1.82) is 0 Å². The van der Waals surface area contributed by atoms with Crippen LogP contribution in [0.4, 0.5) is 0 Å². The van der Waals surface area contributed by atoms with Crippen LogP contribution >= 0.6 is 0 Å². The highest BCUT2D eigenvalue weighted by atomic mass is 28.4. The van der Waals surface area contributed by atoms with E-state index in [4.69, 9.17) is 18.3 Å². The molecule has 0 saturated carbocycles. The Morgan fingerprint density at radius 1 is 0.539 bits per heavy atom. The van der Waals surface area contributed by atoms with Crippen LogP contribution in [0, 0.1) is 23.7 Å². The smallest absolute Gasteiger partial charge is 0.261 e. The van der Waals surface area contributed by atoms with Crippen molar-refractivity contribution in [3.63, 3.8) is 0 Å². The zero-order valence-corrected chi connectivity index (χ0v) is 50.2. The number of hydrogen-bond acceptors (Lipinski definition) is 5. The average Bonchev–Trinajstić information content (AvgIpc) is 3.92. The number of benzene rings is 4. The van der Waals surface area contributed by atoms with Gasteiger partial charge in [0.1, 0.15) is 5.78 Å². The summed E-state index contributed by atoms with van der Waals surface area (Å²) in [5, 5.41) is 5.34. The Hall–Kier alpha value is -3.96. The molecular weight excluding hydrogens is 965 g/mol. The monoisotopic (exact) mass is 1070 g/mol. The molecule has 8 atom stereocenters. The maximum absolute atomic E-state index is 11.6. The molecule has 2 heterocycles. The summed E-state index contributed by atoms with van der Waals surface area (Å²) in [6.07, 6.45) is 13.3. The summed E-state index contributed by atoms with van der Waals surface area (Å²) in [5.41, 5.74) is 3.79. The van der Waals surface area contributed by atoms with Gasteiger partial charge in [-0.05, 0) is 151 Å². The summed E-state index contributed by atoms with van der Waals surface area (Å²) in [7, 11) is -4.95. The molecule has 2 fully saturated rings. The van der Waals surface area contributed by atoms with Crippen molar-refractivity contribution in [2.75, 3.05) is 13.2 Å². The van der Waals surface area contributed by atoms with Gasteiger partial charge in [-0.3, -0.25) is 4.79 Å². The number of rotatable bonds is 26. The normalized spacial score (nSPS) is 19.6. The Kier molecular flexibility index (Phi) is 27.0. The molecule has 0 aromatic heterocycles. The van der Waals surface area contributed by atoms with E-state index < -0.39 is 16.6 Å². The topological polar surface area (TPSA) is 54.0 Å². The lowest BCUT2D eigenvalue weighted by Crippen LogP contribution is -2.66. The van der Waals surface area contributed by atoms with Gasteiger partial charge in [0.2, 0.25) is 0 Å². The number of hydrogen-bond donors (Lipinski definition) is 0. The molecule has 0 aliphatic carbocycles. The van der Waals surface area contributed by atoms with Crippen LogP contribution in [0.25, 0.3) is 0 Å². The second-order valence-electron chi connectivity index (χ2n) is 24.6. The third-order valence-corrected chi connectivity index (χ3v) is 26.4. The molecule has 2 saturated heterocycles. The highest BCUT2D eigenvalue weighted by molar-refractivity contribution is 7.00. The summed E-state index contributed by atoms with van der Waals surface area (Å²) in [5.74, 6) is 2.22. The van der Waals surface area contributed by atoms with Gasteiger partial charge in [-0.15, -0.1) is 0 Å². The minimum Gasteiger partial charge on any atom is -0.407 e. The van der Waals surface area contributed by atoms with E-state index in [1.165, 1.54) is 50.3 Å². The average molecular weight is 1070 g/mol. The van der Waals surface area contributed by atoms with Crippen LogP contribution < -0.4 is 20.7 Å². The lowest BCUT2D eigenvalue weighted by molar-refractivity contribution is -0.120. The Morgan fingerprint density at radius 3 is 1.12 bits per heavy atom. The fraction of sp³-hybridized carbons (Fsp3) is 0.551. The Bertz CT molecular complexity index is 2070. The highest BCUT2D eigenvalue weighted by Gasteiger charge is 2.51. The molecule has 0 bridgehead atoms. The van der Waals surface area contributed by atoms with E-state index >= 15 is 0 Å². The quantitative estimate of drug-likeness (QED) is 0.0356. The molecule has 4 aromatic rings. The lowest BCUT2D eigenvalue weighted by Gasteiger charge is -2.43. The SMILES string of the molecule is C.C.C=C(C)C(C)C[C@H](C)CCC1O[C@@H](CCCO[Si](c2ccccc2)(c2ccccc2)C(C)(C)C)CC1=C.C=C1C[C@H](CCCO[Si](c2ccccc2)(c2ccccc2)C(C)(C)C)OC1CC[C@@H](C)CC(C)C(C)=O. The van der Waals surface area contributed by atoms with E-state index in [2.05, 4.69) is 210 Å². The molecule has 76 heavy (non-hydrogen) atoms. The Morgan fingerprint density at radius 2 is 0.842 bits per heavy atom. The highest BCUT2D eigenvalue weighted by Crippen LogP contribution is 2.39. The van der Waals surface area contributed by atoms with Gasteiger partial charge in [0.05, 0.1) is 24.4 Å². The first-order valence-corrected chi connectivity index (χ1v) is 32.2. The van der Waals surface area contributed by atoms with Crippen molar-refractivity contribution < 1.29 is 23.1 Å². The van der Waals surface area contributed by atoms with Crippen molar-refractivity contribution in [1.82, 2.24) is 0 Å². The van der Waals surface area contributed by atoms with Gasteiger partial charge < -0.3 is 18.3 Å². The zero-order chi connectivity index (χ0) is 54.1. The third-order valence-electron chi connectivity index (χ3n) is 16.3. The fourth-order valence-electron chi connectivity index (χ4n) is 11.8. The van der Waals surface area contributed by atoms with Crippen LogP contribution in [0.3, 0.4) is 0 Å². The summed E-state index contributed by atoms with van der Waals surface area (Å²) in [4.78, 5) is 11.6. The van der Waals surface area contributed by atoms with E-state index in [9.17, 15) is 4.79 Å². The molecule has 4 aromatic carbocycles. The first-order chi connectivity index (χ1) is 35.1. The number of ether oxygens (including phenoxy) is 2. The van der Waals surface area contributed by atoms with Crippen molar-refractivity contribution in [3.8, 4) is 0 Å². The molecule has 6 rings (SSSR count). The van der Waals surface area contributed by atoms with Crippen LogP contribution in [0.15, 0.2) is 158 Å². The molecule has 0 radical (unpaired) electrons. The largest absolute Gasteiger partial charge is 0.407 e. The molecular formula is C69H106O5Si2. The van der Waals surface area contributed by atoms with Crippen LogP contribution in [0.5, 0.6) is 0 Å². The van der Waals surface area contributed by atoms with Gasteiger partial charge in [0, 0.05) is 19.1 Å². The predicted octanol–water partition coefficient (Wildman–Crippen LogP) is 16.4. The van der Waals surface area contributed by atoms with E-state index in [0.717, 1.165) is 77.4 Å². The first kappa shape index (κ1) is 66.3. The molecule has 2 aliphatic heterocycles. The van der Waals surface area contributed by atoms with Gasteiger partial charge in [-0.1, -0.05) is 231 Å². The van der Waals surface area contributed by atoms with Gasteiger partial charge in [0.15, 0.2) is 0 Å². The van der Waals surface area contributed by atoms with Crippen LogP contribution in [-0.4, -0.2) is 60.0 Å². The first-order valence-electron chi connectivity index (χ1n) is 28.4. The van der Waals surface area contributed by atoms with Crippen LogP contribution in [-0.2, 0) is 23.1 Å². The predicted molar refractivity (Wildman–Crippen MR) is 334 cm³/mol. The van der Waals surface area contributed by atoms with Gasteiger partial charge in [0.25, 0.3) is 16.6 Å². The van der Waals surface area contributed by atoms with Crippen molar-refractivity contribution in [2.45, 2.75) is 209 Å². The molecule has 0 amide bonds. The van der Waals surface area contributed by atoms with Crippen LogP contribution in [0.2, 0.25) is 10.1 Å². The standard InChI is InChI=1S/C34H50O2Si.C33H48O3Si.2CH4/c1-26(2)28(4)24-27(3)21-22-33-29(5)25-30(36-33)16-15-23-35-37(34(6,7)8,31-17-11-9-12-18-31)32-19-13-10-14-20-32;1-25(23-26(2)28(4)34)20-21-32-27(3)24-29(36-32)15-14-22-35-37(33(5,6)7,30-16-10-8-11-17-30)31-18-12-9-13-19-31;;/h9-14,17-20,27-28,30,33H,1,5,15-16,21-25H2,2-4,6-8H3;8-13,16-19,25-26,29,32H,3,14-15,20-24H2,1-2,4-7H3;2*1H4/t27-,28?,30+,33?;25-,26?,29+,32?;;/m11../s1. The number of carbonyl (C=O) groups is 1. The molecule has 2 aliphatic rings. The van der Waals surface area contributed by atoms with E-state index in [-0.39, 0.29) is 61.0 Å². The number of allylic oxidation sites excluding steroid dienone is 1. The van der Waals surface area contributed by atoms with Crippen molar-refractivity contribution in [2.24, 2.45) is 23.7 Å². The van der Waals surface area contributed by atoms with Crippen molar-refractivity contribution in [3.05, 3.63) is 158 Å². The molecule has 7 heteroatoms. The molecule has 5 nitrogen and oxygen atoms in total. The maximum Gasteiger partial charge on any atom is 0.261 e. The van der Waals surface area contributed by atoms with Crippen LogP contribution in [0.1, 0.15) is 175 Å². The summed E-state index contributed by atoms with van der Waals surface area (Å²) in [6.45, 7) is 41.1. The summed E-state index contributed by atoms with van der Waals surface area (Å²) >= 11 is 0. The molecule has 0 N–H and O–H groups in total. The number of carbonyl (C=O) groups excluding carboxylic acids is 1. The Labute approximate surface area is 468 Å². The van der Waals surface area contributed by atoms with Crippen molar-refractivity contribution >= 4 is 43.2 Å². The third kappa shape index (κ3) is 18.0. The second-order valence-corrected chi connectivity index (χ2v) is 33.2. The fourth-order valence-corrected chi connectivity index (χ4v) is 21.0. The van der Waals surface area contributed by atoms with E-state index in [1.807, 2.05) is 6.92 Å². The van der Waals surface area contributed by atoms with Gasteiger partial charge in [-0.2, -0.15) is 0 Å². The molecule has 4 unspecified atom stereocenters. The Balaban J connectivity index is 0.000000390. The molecule has 0 spiro atoms. The second kappa shape index (κ2) is 31.0. The molecule has 420 valence electrons. The van der Waals surface area contributed by atoms with E-state index in [1.54, 1.807) is 6.92 Å². The van der Waals surface area contributed by atoms with E-state index in [0.29, 0.717) is 17.8 Å². The van der Waals surface area contributed by atoms with Gasteiger partial charge in [-0.25, -0.2) is 0 Å². The number of Topliss-reactive ketones (excluding diaryl/α,β-unsaturated/α-hetero) is 1. The minimum absolute atomic E-state index is 0. The maximum atomic E-state index is 11.6. The lowest BCUT2D eigenvalue weighted by atomic mass is 9.88. The summed E-state index contributed by atoms with van der Waals surface area (Å²) in [6, 6.07) is 43.5. The zero-order valence-electron chi connectivity index (χ0n) is 48.2. The van der Waals surface area contributed by atoms with Gasteiger partial charge >= 0.3 is 0 Å². The number of ketones is 1. The minimum atomic E-state index is -2.48. The summed E-state index contributed by atoms with van der Waals surface area (Å²) < 4.78 is 27.0.